The lowest BCUT2D eigenvalue weighted by atomic mass is 9.96. The van der Waals surface area contributed by atoms with Gasteiger partial charge in [0.25, 0.3) is 0 Å². The van der Waals surface area contributed by atoms with Crippen LogP contribution >= 0.6 is 22.9 Å². The van der Waals surface area contributed by atoms with E-state index in [0.717, 1.165) is 11.8 Å². The molecule has 0 N–H and O–H groups in total. The lowest BCUT2D eigenvalue weighted by molar-refractivity contribution is -0.462. The van der Waals surface area contributed by atoms with Gasteiger partial charge in [0.2, 0.25) is 0 Å². The zero-order valence-corrected chi connectivity index (χ0v) is 9.91. The van der Waals surface area contributed by atoms with Crippen LogP contribution in [0.5, 0.6) is 0 Å². The predicted molar refractivity (Wildman–Crippen MR) is 60.1 cm³/mol. The second-order valence-corrected chi connectivity index (χ2v) is 5.27. The van der Waals surface area contributed by atoms with Gasteiger partial charge in [0.05, 0.1) is 0 Å². The molecule has 1 aromatic rings. The van der Waals surface area contributed by atoms with E-state index in [-0.39, 0.29) is 0 Å². The van der Waals surface area contributed by atoms with Crippen LogP contribution in [0, 0.1) is 6.92 Å². The Morgan fingerprint density at radius 3 is 2.92 bits per heavy atom. The average Bonchev–Trinajstić information content (AvgIpc) is 2.70. The van der Waals surface area contributed by atoms with E-state index in [1.54, 1.807) is 11.3 Å². The van der Waals surface area contributed by atoms with Crippen LogP contribution in [0.25, 0.3) is 0 Å². The number of aryl methyl sites for hydroxylation is 1. The summed E-state index contributed by atoms with van der Waals surface area (Å²) >= 11 is 2.45. The fraction of sp³-hybridized carbons (Fsp3) is 0.545. The molecule has 1 saturated carbocycles. The Morgan fingerprint density at radius 2 is 2.08 bits per heavy atom. The minimum atomic E-state index is 0.872. The molecule has 0 aromatic carbocycles. The number of hydrogen-bond acceptors (Lipinski definition) is 0. The van der Waals surface area contributed by atoms with Crippen molar-refractivity contribution in [3.63, 3.8) is 0 Å². The number of nitrogens with zero attached hydrogens (tertiary/aromatic N) is 1. The maximum absolute atomic E-state index is 2.45. The van der Waals surface area contributed by atoms with Gasteiger partial charge in [0.15, 0.2) is 11.4 Å². The molecule has 1 heterocycles. The second kappa shape index (κ2) is 2.69. The van der Waals surface area contributed by atoms with Crippen molar-refractivity contribution in [2.24, 2.45) is 0 Å². The Labute approximate surface area is 92.7 Å². The van der Waals surface area contributed by atoms with Gasteiger partial charge in [-0.15, -0.1) is 2.78 Å². The number of pyridine rings is 1. The zero-order valence-electron chi connectivity index (χ0n) is 7.76. The highest BCUT2D eigenvalue weighted by Crippen LogP contribution is 2.51. The molecule has 2 unspecified atom stereocenters. The number of halogens is 1. The number of hydrogen-bond donors (Lipinski definition) is 0. The molecule has 2 heteroatoms. The van der Waals surface area contributed by atoms with Crippen LogP contribution in [0.2, 0.25) is 0 Å². The molecule has 0 aliphatic heterocycles. The maximum atomic E-state index is 2.45. The van der Waals surface area contributed by atoms with Crippen LogP contribution in [0.3, 0.4) is 0 Å². The first-order chi connectivity index (χ1) is 6.27. The van der Waals surface area contributed by atoms with E-state index in [0.29, 0.717) is 0 Å². The summed E-state index contributed by atoms with van der Waals surface area (Å²) in [6.45, 7) is 2.19. The van der Waals surface area contributed by atoms with Gasteiger partial charge in [-0.05, 0) is 31.2 Å². The third-order valence-corrected chi connectivity index (χ3v) is 4.86. The Balaban J connectivity index is 2.26. The van der Waals surface area contributed by atoms with Crippen molar-refractivity contribution in [3.05, 3.63) is 29.1 Å². The van der Waals surface area contributed by atoms with Crippen LogP contribution in [-0.4, -0.2) is 0 Å². The summed E-state index contributed by atoms with van der Waals surface area (Å²) in [6.07, 6.45) is 4.27. The van der Waals surface area contributed by atoms with Gasteiger partial charge in [0, 0.05) is 24.5 Å². The van der Waals surface area contributed by atoms with Crippen molar-refractivity contribution in [1.82, 2.24) is 0 Å². The van der Waals surface area contributed by atoms with Gasteiger partial charge in [-0.1, -0.05) is 0 Å². The van der Waals surface area contributed by atoms with Crippen LogP contribution in [0.1, 0.15) is 48.0 Å². The minimum Gasteiger partial charge on any atom is -0.138 e. The summed E-state index contributed by atoms with van der Waals surface area (Å²) in [5, 5.41) is 0. The SMILES string of the molecule is Cc1ccc2c([n+]1I)C1CCC2C1. The maximum Gasteiger partial charge on any atom is 0.354 e. The van der Waals surface area contributed by atoms with Gasteiger partial charge in [0.1, 0.15) is 0 Å². The van der Waals surface area contributed by atoms with Crippen molar-refractivity contribution in [1.29, 1.82) is 0 Å². The van der Waals surface area contributed by atoms with E-state index in [2.05, 4.69) is 44.7 Å². The second-order valence-electron chi connectivity index (χ2n) is 4.30. The monoisotopic (exact) mass is 286 g/mol. The summed E-state index contributed by atoms with van der Waals surface area (Å²) in [5.41, 5.74) is 4.64. The highest BCUT2D eigenvalue weighted by atomic mass is 127. The van der Waals surface area contributed by atoms with Gasteiger partial charge >= 0.3 is 22.9 Å². The van der Waals surface area contributed by atoms with Gasteiger partial charge in [-0.25, -0.2) is 0 Å². The normalized spacial score (nSPS) is 29.4. The topological polar surface area (TPSA) is 3.88 Å². The summed E-state index contributed by atoms with van der Waals surface area (Å²) < 4.78 is 2.37. The fourth-order valence-corrected chi connectivity index (χ4v) is 3.75. The molecular formula is C11H13IN+. The molecule has 1 nitrogen and oxygen atoms in total. The minimum absolute atomic E-state index is 0.872. The molecule has 3 rings (SSSR count). The summed E-state index contributed by atoms with van der Waals surface area (Å²) in [6, 6.07) is 4.61. The zero-order chi connectivity index (χ0) is 9.00. The number of fused-ring (bicyclic) bond motifs is 5. The summed E-state index contributed by atoms with van der Waals surface area (Å²) in [4.78, 5) is 0. The first-order valence-electron chi connectivity index (χ1n) is 4.99. The smallest absolute Gasteiger partial charge is 0.138 e. The highest BCUT2D eigenvalue weighted by Gasteiger charge is 2.43. The average molecular weight is 286 g/mol. The first-order valence-corrected chi connectivity index (χ1v) is 5.95. The molecule has 2 atom stereocenters. The molecule has 0 saturated heterocycles. The van der Waals surface area contributed by atoms with E-state index >= 15 is 0 Å². The molecule has 13 heavy (non-hydrogen) atoms. The van der Waals surface area contributed by atoms with Crippen LogP contribution in [0.4, 0.5) is 0 Å². The van der Waals surface area contributed by atoms with E-state index in [1.807, 2.05) is 0 Å². The van der Waals surface area contributed by atoms with Crippen LogP contribution < -0.4 is 2.78 Å². The first kappa shape index (κ1) is 8.21. The molecule has 2 aliphatic rings. The van der Waals surface area contributed by atoms with Gasteiger partial charge in [-0.2, -0.15) is 0 Å². The molecule has 1 fully saturated rings. The van der Waals surface area contributed by atoms with Gasteiger partial charge in [-0.3, -0.25) is 0 Å². The van der Waals surface area contributed by atoms with Crippen molar-refractivity contribution in [2.75, 3.05) is 0 Å². The van der Waals surface area contributed by atoms with Crippen LogP contribution in [0.15, 0.2) is 12.1 Å². The standard InChI is InChI=1S/C11H13IN/c1-7-2-5-10-8-3-4-9(6-8)11(10)13(7)12/h2,5,8-9H,3-4,6H2,1H3/q+1. The summed E-state index contributed by atoms with van der Waals surface area (Å²) in [7, 11) is 0. The predicted octanol–water partition coefficient (Wildman–Crippen LogP) is 2.85. The lowest BCUT2D eigenvalue weighted by Gasteiger charge is -2.11. The van der Waals surface area contributed by atoms with Crippen molar-refractivity contribution < 1.29 is 2.78 Å². The highest BCUT2D eigenvalue weighted by molar-refractivity contribution is 14.1. The van der Waals surface area contributed by atoms with Crippen molar-refractivity contribution >= 4 is 22.9 Å². The Morgan fingerprint density at radius 1 is 1.31 bits per heavy atom. The largest absolute Gasteiger partial charge is 0.354 e. The molecule has 0 amide bonds. The Bertz CT molecular complexity index is 373. The van der Waals surface area contributed by atoms with E-state index in [4.69, 9.17) is 0 Å². The van der Waals surface area contributed by atoms with Crippen LogP contribution in [-0.2, 0) is 0 Å². The Kier molecular flexibility index (Phi) is 1.70. The molecule has 2 bridgehead atoms. The van der Waals surface area contributed by atoms with E-state index in [9.17, 15) is 0 Å². The van der Waals surface area contributed by atoms with E-state index in [1.165, 1.54) is 25.0 Å². The Hall–Kier alpha value is -0.120. The molecule has 68 valence electrons. The quantitative estimate of drug-likeness (QED) is 0.646. The van der Waals surface area contributed by atoms with Crippen molar-refractivity contribution in [2.45, 2.75) is 38.0 Å². The molecule has 0 radical (unpaired) electrons. The lowest BCUT2D eigenvalue weighted by Crippen LogP contribution is -2.31. The fourth-order valence-electron chi connectivity index (χ4n) is 2.92. The number of rotatable bonds is 0. The van der Waals surface area contributed by atoms with Crippen molar-refractivity contribution in [3.8, 4) is 0 Å². The summed E-state index contributed by atoms with van der Waals surface area (Å²) in [5.74, 6) is 1.76. The van der Waals surface area contributed by atoms with E-state index < -0.39 is 0 Å². The molecule has 1 aromatic heterocycles. The third-order valence-electron chi connectivity index (χ3n) is 3.58. The molecule has 2 aliphatic carbocycles. The third kappa shape index (κ3) is 1.01. The molecular weight excluding hydrogens is 273 g/mol. The number of aromatic nitrogens is 1. The molecule has 0 spiro atoms. The van der Waals surface area contributed by atoms with Gasteiger partial charge < -0.3 is 0 Å².